The lowest BCUT2D eigenvalue weighted by molar-refractivity contribution is 0.703. The van der Waals surface area contributed by atoms with Crippen molar-refractivity contribution in [2.24, 2.45) is 0 Å². The van der Waals surface area contributed by atoms with Gasteiger partial charge in [-0.3, -0.25) is 0 Å². The van der Waals surface area contributed by atoms with Gasteiger partial charge in [0.2, 0.25) is 0 Å². The minimum Gasteiger partial charge on any atom is -0.313 e. The minimum absolute atomic E-state index is 1.08. The molecular weight excluding hydrogens is 146 g/mol. The van der Waals surface area contributed by atoms with Crippen LogP contribution in [-0.2, 0) is 0 Å². The molecule has 1 aliphatic heterocycles. The maximum atomic E-state index is 3.24. The summed E-state index contributed by atoms with van der Waals surface area (Å²) in [6, 6.07) is 0. The highest BCUT2D eigenvalue weighted by molar-refractivity contribution is 5.02. The van der Waals surface area contributed by atoms with Crippen molar-refractivity contribution < 1.29 is 0 Å². The van der Waals surface area contributed by atoms with Crippen molar-refractivity contribution in [1.82, 2.24) is 5.32 Å². The van der Waals surface area contributed by atoms with Gasteiger partial charge in [-0.2, -0.15) is 0 Å². The second-order valence-corrected chi connectivity index (χ2v) is 3.36. The smallest absolute Gasteiger partial charge is 0.0137 e. The molecule has 0 aromatic heterocycles. The predicted molar refractivity (Wildman–Crippen MR) is 56.4 cm³/mol. The Morgan fingerprint density at radius 2 is 2.00 bits per heavy atom. The van der Waals surface area contributed by atoms with E-state index in [9.17, 15) is 0 Å². The van der Waals surface area contributed by atoms with Crippen LogP contribution in [0.25, 0.3) is 0 Å². The Morgan fingerprint density at radius 3 is 2.17 bits per heavy atom. The highest BCUT2D eigenvalue weighted by atomic mass is 14.8. The molecule has 1 N–H and O–H groups in total. The van der Waals surface area contributed by atoms with Gasteiger partial charge in [0.1, 0.15) is 0 Å². The third-order valence-corrected chi connectivity index (χ3v) is 2.00. The van der Waals surface area contributed by atoms with E-state index in [0.29, 0.717) is 0 Å². The van der Waals surface area contributed by atoms with Crippen LogP contribution in [0.5, 0.6) is 0 Å². The number of hydrogen-bond donors (Lipinski definition) is 1. The summed E-state index contributed by atoms with van der Waals surface area (Å²) >= 11 is 0. The van der Waals surface area contributed by atoms with Crippen LogP contribution in [0.4, 0.5) is 0 Å². The standard InChI is InChI=1S/C6H11N.C5H12/c1-6-2-4-7-5-3-6;1-3-5-4-2/h2,7H,3-5H2,1H3;3-5H2,1-2H3. The molecular formula is C11H23N. The maximum absolute atomic E-state index is 3.24. The van der Waals surface area contributed by atoms with Gasteiger partial charge in [0.15, 0.2) is 0 Å². The molecule has 1 heteroatoms. The lowest BCUT2D eigenvalue weighted by atomic mass is 10.1. The fourth-order valence-electron chi connectivity index (χ4n) is 1.09. The summed E-state index contributed by atoms with van der Waals surface area (Å²) in [5.74, 6) is 0. The normalized spacial score (nSPS) is 16.1. The van der Waals surface area contributed by atoms with E-state index in [1.807, 2.05) is 0 Å². The van der Waals surface area contributed by atoms with E-state index in [0.717, 1.165) is 6.54 Å². The first-order chi connectivity index (χ1) is 5.81. The van der Waals surface area contributed by atoms with Crippen LogP contribution in [0.15, 0.2) is 11.6 Å². The summed E-state index contributed by atoms with van der Waals surface area (Å²) in [5.41, 5.74) is 1.53. The lowest BCUT2D eigenvalue weighted by Crippen LogP contribution is -2.19. The fraction of sp³-hybridized carbons (Fsp3) is 0.818. The molecule has 12 heavy (non-hydrogen) atoms. The van der Waals surface area contributed by atoms with Crippen molar-refractivity contribution in [2.45, 2.75) is 46.5 Å². The molecule has 1 heterocycles. The zero-order chi connectivity index (χ0) is 9.23. The third kappa shape index (κ3) is 7.80. The first kappa shape index (κ1) is 11.7. The molecule has 0 amide bonds. The first-order valence-electron chi connectivity index (χ1n) is 5.17. The van der Waals surface area contributed by atoms with E-state index >= 15 is 0 Å². The molecule has 0 atom stereocenters. The molecule has 0 aliphatic carbocycles. The van der Waals surface area contributed by atoms with Crippen LogP contribution in [-0.4, -0.2) is 13.1 Å². The minimum atomic E-state index is 1.08. The molecule has 0 aromatic rings. The van der Waals surface area contributed by atoms with Gasteiger partial charge < -0.3 is 5.32 Å². The summed E-state index contributed by atoms with van der Waals surface area (Å²) in [5, 5.41) is 3.24. The van der Waals surface area contributed by atoms with Crippen molar-refractivity contribution in [3.8, 4) is 0 Å². The van der Waals surface area contributed by atoms with Crippen molar-refractivity contribution >= 4 is 0 Å². The van der Waals surface area contributed by atoms with Crippen molar-refractivity contribution in [1.29, 1.82) is 0 Å². The summed E-state index contributed by atoms with van der Waals surface area (Å²) in [4.78, 5) is 0. The second kappa shape index (κ2) is 8.79. The fourth-order valence-corrected chi connectivity index (χ4v) is 1.09. The van der Waals surface area contributed by atoms with Crippen molar-refractivity contribution in [3.05, 3.63) is 11.6 Å². The third-order valence-electron chi connectivity index (χ3n) is 2.00. The van der Waals surface area contributed by atoms with Gasteiger partial charge in [-0.1, -0.05) is 44.8 Å². The molecule has 0 fully saturated rings. The Balaban J connectivity index is 0.000000217. The quantitative estimate of drug-likeness (QED) is 0.626. The first-order valence-corrected chi connectivity index (χ1v) is 5.17. The van der Waals surface area contributed by atoms with E-state index in [4.69, 9.17) is 0 Å². The van der Waals surface area contributed by atoms with Crippen molar-refractivity contribution in [2.75, 3.05) is 13.1 Å². The molecule has 72 valence electrons. The highest BCUT2D eigenvalue weighted by Gasteiger charge is 1.93. The van der Waals surface area contributed by atoms with Crippen molar-refractivity contribution in [3.63, 3.8) is 0 Å². The van der Waals surface area contributed by atoms with Gasteiger partial charge in [-0.25, -0.2) is 0 Å². The van der Waals surface area contributed by atoms with E-state index in [2.05, 4.69) is 32.2 Å². The van der Waals surface area contributed by atoms with Gasteiger partial charge in [-0.15, -0.1) is 0 Å². The van der Waals surface area contributed by atoms with Crippen LogP contribution < -0.4 is 5.32 Å². The zero-order valence-corrected chi connectivity index (χ0v) is 8.82. The summed E-state index contributed by atoms with van der Waals surface area (Å²) < 4.78 is 0. The van der Waals surface area contributed by atoms with Crippen LogP contribution in [0.2, 0.25) is 0 Å². The number of rotatable bonds is 2. The Bertz CT molecular complexity index is 114. The number of hydrogen-bond acceptors (Lipinski definition) is 1. The second-order valence-electron chi connectivity index (χ2n) is 3.36. The van der Waals surface area contributed by atoms with Gasteiger partial charge in [-0.05, 0) is 19.9 Å². The molecule has 0 bridgehead atoms. The molecule has 0 aromatic carbocycles. The van der Waals surface area contributed by atoms with Crippen LogP contribution in [0.1, 0.15) is 46.5 Å². The average molecular weight is 169 g/mol. The van der Waals surface area contributed by atoms with Crippen LogP contribution in [0, 0.1) is 0 Å². The molecule has 0 saturated heterocycles. The Labute approximate surface area is 77.2 Å². The molecule has 0 saturated carbocycles. The highest BCUT2D eigenvalue weighted by Crippen LogP contribution is 1.99. The Hall–Kier alpha value is -0.300. The van der Waals surface area contributed by atoms with E-state index in [1.54, 1.807) is 0 Å². The number of unbranched alkanes of at least 4 members (excludes halogenated alkanes) is 2. The van der Waals surface area contributed by atoms with Crippen LogP contribution in [0.3, 0.4) is 0 Å². The SMILES string of the molecule is CC1=CCNCC1.CCCCC. The van der Waals surface area contributed by atoms with Gasteiger partial charge >= 0.3 is 0 Å². The zero-order valence-electron chi connectivity index (χ0n) is 8.82. The largest absolute Gasteiger partial charge is 0.313 e. The Morgan fingerprint density at radius 1 is 1.33 bits per heavy atom. The molecule has 1 aliphatic rings. The molecule has 1 nitrogen and oxygen atoms in total. The molecule has 0 radical (unpaired) electrons. The van der Waals surface area contributed by atoms with Gasteiger partial charge in [0.25, 0.3) is 0 Å². The van der Waals surface area contributed by atoms with E-state index in [-0.39, 0.29) is 0 Å². The molecule has 0 unspecified atom stereocenters. The van der Waals surface area contributed by atoms with Crippen LogP contribution >= 0.6 is 0 Å². The Kier molecular flexibility index (Phi) is 8.57. The monoisotopic (exact) mass is 169 g/mol. The molecule has 0 spiro atoms. The predicted octanol–water partition coefficient (Wildman–Crippen LogP) is 3.12. The van der Waals surface area contributed by atoms with E-state index in [1.165, 1.54) is 37.8 Å². The summed E-state index contributed by atoms with van der Waals surface area (Å²) in [7, 11) is 0. The lowest BCUT2D eigenvalue weighted by Gasteiger charge is -2.08. The van der Waals surface area contributed by atoms with Gasteiger partial charge in [0, 0.05) is 6.54 Å². The molecule has 1 rings (SSSR count). The van der Waals surface area contributed by atoms with Gasteiger partial charge in [0.05, 0.1) is 0 Å². The topological polar surface area (TPSA) is 12.0 Å². The number of nitrogens with one attached hydrogen (secondary N) is 1. The average Bonchev–Trinajstić information content (AvgIpc) is 2.08. The summed E-state index contributed by atoms with van der Waals surface area (Å²) in [6.45, 7) is 8.85. The van der Waals surface area contributed by atoms with E-state index < -0.39 is 0 Å². The maximum Gasteiger partial charge on any atom is 0.0137 e. The summed E-state index contributed by atoms with van der Waals surface area (Å²) in [6.07, 6.45) is 7.55.